The zero-order valence-electron chi connectivity index (χ0n) is 12.0. The van der Waals surface area contributed by atoms with E-state index in [1.54, 1.807) is 4.90 Å². The average Bonchev–Trinajstić information content (AvgIpc) is 2.91. The van der Waals surface area contributed by atoms with Crippen LogP contribution in [0.5, 0.6) is 0 Å². The standard InChI is InChI=1S/C12H23N3O4S/c1-10(11-4-3-9-19-11)13-12(16)14-5-7-15(8-6-14)20(2,17)18/h10-11H,3-9H2,1-2H3,(H,13,16)/t10-,11-/m1/s1. The van der Waals surface area contributed by atoms with Gasteiger partial charge in [0.05, 0.1) is 18.4 Å². The minimum atomic E-state index is -3.16. The van der Waals surface area contributed by atoms with Crippen LogP contribution in [-0.4, -0.2) is 74.8 Å². The fourth-order valence-electron chi connectivity index (χ4n) is 2.60. The Labute approximate surface area is 120 Å². The molecule has 0 bridgehead atoms. The van der Waals surface area contributed by atoms with Crippen molar-refractivity contribution < 1.29 is 17.9 Å². The van der Waals surface area contributed by atoms with E-state index in [2.05, 4.69) is 5.32 Å². The molecule has 0 aromatic heterocycles. The molecule has 0 spiro atoms. The molecule has 2 saturated heterocycles. The lowest BCUT2D eigenvalue weighted by Crippen LogP contribution is -2.55. The first-order chi connectivity index (χ1) is 9.38. The van der Waals surface area contributed by atoms with Crippen molar-refractivity contribution in [3.05, 3.63) is 0 Å². The van der Waals surface area contributed by atoms with Crippen molar-refractivity contribution in [3.63, 3.8) is 0 Å². The van der Waals surface area contributed by atoms with Gasteiger partial charge in [0.15, 0.2) is 0 Å². The zero-order chi connectivity index (χ0) is 14.8. The number of hydrogen-bond donors (Lipinski definition) is 1. The Bertz CT molecular complexity index is 440. The van der Waals surface area contributed by atoms with Crippen LogP contribution in [0.1, 0.15) is 19.8 Å². The first-order valence-corrected chi connectivity index (χ1v) is 8.85. The maximum atomic E-state index is 12.1. The number of amides is 2. The summed E-state index contributed by atoms with van der Waals surface area (Å²) in [5.74, 6) is 0. The van der Waals surface area contributed by atoms with E-state index in [4.69, 9.17) is 4.74 Å². The van der Waals surface area contributed by atoms with Gasteiger partial charge in [-0.3, -0.25) is 0 Å². The SMILES string of the molecule is C[C@@H](NC(=O)N1CCN(S(C)(=O)=O)CC1)[C@H]1CCCO1. The number of sulfonamides is 1. The van der Waals surface area contributed by atoms with E-state index in [1.165, 1.54) is 10.6 Å². The molecule has 2 heterocycles. The number of nitrogens with one attached hydrogen (secondary N) is 1. The lowest BCUT2D eigenvalue weighted by atomic mass is 10.1. The fourth-order valence-corrected chi connectivity index (χ4v) is 3.43. The molecule has 0 unspecified atom stereocenters. The van der Waals surface area contributed by atoms with Crippen LogP contribution >= 0.6 is 0 Å². The molecule has 0 aromatic carbocycles. The van der Waals surface area contributed by atoms with Crippen molar-refractivity contribution >= 4 is 16.1 Å². The Hall–Kier alpha value is -0.860. The van der Waals surface area contributed by atoms with E-state index in [0.29, 0.717) is 26.2 Å². The molecule has 2 fully saturated rings. The third-order valence-corrected chi connectivity index (χ3v) is 5.17. The predicted molar refractivity (Wildman–Crippen MR) is 75.0 cm³/mol. The van der Waals surface area contributed by atoms with Crippen LogP contribution in [0.25, 0.3) is 0 Å². The van der Waals surface area contributed by atoms with Crippen molar-refractivity contribution in [2.75, 3.05) is 39.0 Å². The molecule has 0 aliphatic carbocycles. The first-order valence-electron chi connectivity index (χ1n) is 7.00. The highest BCUT2D eigenvalue weighted by molar-refractivity contribution is 7.88. The number of rotatable bonds is 3. The van der Waals surface area contributed by atoms with Gasteiger partial charge in [-0.25, -0.2) is 13.2 Å². The molecule has 2 amide bonds. The van der Waals surface area contributed by atoms with Crippen LogP contribution in [0.2, 0.25) is 0 Å². The molecule has 2 rings (SSSR count). The Balaban J connectivity index is 1.79. The summed E-state index contributed by atoms with van der Waals surface area (Å²) in [6, 6.07) is -0.154. The maximum Gasteiger partial charge on any atom is 0.317 e. The molecule has 2 atom stereocenters. The lowest BCUT2D eigenvalue weighted by molar-refractivity contribution is 0.0821. The van der Waals surface area contributed by atoms with Gasteiger partial charge in [-0.15, -0.1) is 0 Å². The molecular weight excluding hydrogens is 282 g/mol. The molecule has 8 heteroatoms. The van der Waals surface area contributed by atoms with Gasteiger partial charge in [-0.2, -0.15) is 4.31 Å². The number of carbonyl (C=O) groups excluding carboxylic acids is 1. The van der Waals surface area contributed by atoms with Crippen molar-refractivity contribution in [1.29, 1.82) is 0 Å². The summed E-state index contributed by atoms with van der Waals surface area (Å²) in [6.07, 6.45) is 3.31. The van der Waals surface area contributed by atoms with E-state index in [0.717, 1.165) is 19.4 Å². The first kappa shape index (κ1) is 15.5. The number of ether oxygens (including phenoxy) is 1. The smallest absolute Gasteiger partial charge is 0.317 e. The van der Waals surface area contributed by atoms with Gasteiger partial charge >= 0.3 is 6.03 Å². The molecule has 0 aromatic rings. The average molecular weight is 305 g/mol. The summed E-state index contributed by atoms with van der Waals surface area (Å²) in [4.78, 5) is 13.8. The molecule has 0 radical (unpaired) electrons. The van der Waals surface area contributed by atoms with Crippen LogP contribution in [-0.2, 0) is 14.8 Å². The van der Waals surface area contributed by atoms with Crippen molar-refractivity contribution in [1.82, 2.24) is 14.5 Å². The van der Waals surface area contributed by atoms with E-state index in [9.17, 15) is 13.2 Å². The summed E-state index contributed by atoms with van der Waals surface area (Å²) < 4.78 is 29.8. The van der Waals surface area contributed by atoms with Crippen LogP contribution in [0.3, 0.4) is 0 Å². The molecule has 7 nitrogen and oxygen atoms in total. The molecule has 2 aliphatic heterocycles. The highest BCUT2D eigenvalue weighted by atomic mass is 32.2. The van der Waals surface area contributed by atoms with Gasteiger partial charge in [0.1, 0.15) is 0 Å². The van der Waals surface area contributed by atoms with E-state index in [-0.39, 0.29) is 18.2 Å². The normalized spacial score (nSPS) is 26.5. The predicted octanol–water partition coefficient (Wildman–Crippen LogP) is -0.159. The van der Waals surface area contributed by atoms with Gasteiger partial charge in [-0.1, -0.05) is 0 Å². The minimum Gasteiger partial charge on any atom is -0.376 e. The summed E-state index contributed by atoms with van der Waals surface area (Å²) in [5.41, 5.74) is 0. The molecule has 1 N–H and O–H groups in total. The number of nitrogens with zero attached hydrogens (tertiary/aromatic N) is 2. The van der Waals surface area contributed by atoms with Crippen molar-refractivity contribution in [2.45, 2.75) is 31.9 Å². The number of hydrogen-bond acceptors (Lipinski definition) is 4. The fraction of sp³-hybridized carbons (Fsp3) is 0.917. The lowest BCUT2D eigenvalue weighted by Gasteiger charge is -2.34. The summed E-state index contributed by atoms with van der Waals surface area (Å²) in [6.45, 7) is 4.29. The van der Waals surface area contributed by atoms with Crippen molar-refractivity contribution in [3.8, 4) is 0 Å². The van der Waals surface area contributed by atoms with E-state index in [1.807, 2.05) is 6.92 Å². The molecule has 116 valence electrons. The summed E-state index contributed by atoms with van der Waals surface area (Å²) in [5, 5.41) is 2.94. The second kappa shape index (κ2) is 6.28. The number of piperazine rings is 1. The molecule has 20 heavy (non-hydrogen) atoms. The van der Waals surface area contributed by atoms with Crippen LogP contribution in [0.15, 0.2) is 0 Å². The molecule has 2 aliphatic rings. The largest absolute Gasteiger partial charge is 0.376 e. The van der Waals surface area contributed by atoms with E-state index < -0.39 is 10.0 Å². The third kappa shape index (κ3) is 3.83. The topological polar surface area (TPSA) is 79.0 Å². The highest BCUT2D eigenvalue weighted by Gasteiger charge is 2.29. The second-order valence-electron chi connectivity index (χ2n) is 5.44. The van der Waals surface area contributed by atoms with Crippen LogP contribution in [0.4, 0.5) is 4.79 Å². The monoisotopic (exact) mass is 305 g/mol. The van der Waals surface area contributed by atoms with E-state index >= 15 is 0 Å². The minimum absolute atomic E-state index is 0.0158. The Kier molecular flexibility index (Phi) is 4.87. The number of carbonyl (C=O) groups is 1. The highest BCUT2D eigenvalue weighted by Crippen LogP contribution is 2.15. The Morgan fingerprint density at radius 3 is 2.45 bits per heavy atom. The maximum absolute atomic E-state index is 12.1. The third-order valence-electron chi connectivity index (χ3n) is 3.87. The Morgan fingerprint density at radius 2 is 1.95 bits per heavy atom. The molecule has 0 saturated carbocycles. The van der Waals surface area contributed by atoms with Gasteiger partial charge in [0.25, 0.3) is 0 Å². The summed E-state index contributed by atoms with van der Waals surface area (Å²) >= 11 is 0. The Morgan fingerprint density at radius 1 is 1.30 bits per heavy atom. The van der Waals surface area contributed by atoms with Gasteiger partial charge in [0.2, 0.25) is 10.0 Å². The van der Waals surface area contributed by atoms with Gasteiger partial charge in [0, 0.05) is 32.8 Å². The van der Waals surface area contributed by atoms with Crippen LogP contribution in [0, 0.1) is 0 Å². The molecular formula is C12H23N3O4S. The second-order valence-corrected chi connectivity index (χ2v) is 7.42. The quantitative estimate of drug-likeness (QED) is 0.786. The van der Waals surface area contributed by atoms with Crippen molar-refractivity contribution in [2.24, 2.45) is 0 Å². The van der Waals surface area contributed by atoms with Gasteiger partial charge < -0.3 is 15.0 Å². The van der Waals surface area contributed by atoms with Gasteiger partial charge in [-0.05, 0) is 19.8 Å². The van der Waals surface area contributed by atoms with Crippen LogP contribution < -0.4 is 5.32 Å². The zero-order valence-corrected chi connectivity index (χ0v) is 12.9. The number of urea groups is 1. The summed E-state index contributed by atoms with van der Waals surface area (Å²) in [7, 11) is -3.16.